The van der Waals surface area contributed by atoms with Crippen LogP contribution >= 0.6 is 15.9 Å². The van der Waals surface area contributed by atoms with Gasteiger partial charge in [0.15, 0.2) is 0 Å². The number of rotatable bonds is 2. The minimum absolute atomic E-state index is 0.296. The second kappa shape index (κ2) is 5.39. The number of hydrogen-bond acceptors (Lipinski definition) is 1. The Balaban J connectivity index is 2.52. The van der Waals surface area contributed by atoms with E-state index >= 15 is 0 Å². The third-order valence-electron chi connectivity index (χ3n) is 3.10. The third-order valence-corrected chi connectivity index (χ3v) is 3.82. The lowest BCUT2D eigenvalue weighted by atomic mass is 9.96. The average molecular weight is 326 g/mol. The van der Waals surface area contributed by atoms with E-state index in [1.807, 2.05) is 25.1 Å². The smallest absolute Gasteiger partial charge is 0.131 e. The van der Waals surface area contributed by atoms with E-state index in [1.165, 1.54) is 6.07 Å². The molecule has 19 heavy (non-hydrogen) atoms. The fourth-order valence-electron chi connectivity index (χ4n) is 1.99. The van der Waals surface area contributed by atoms with Crippen molar-refractivity contribution in [3.8, 4) is 0 Å². The van der Waals surface area contributed by atoms with Gasteiger partial charge in [0.05, 0.1) is 6.04 Å². The van der Waals surface area contributed by atoms with Crippen molar-refractivity contribution in [1.29, 1.82) is 0 Å². The van der Waals surface area contributed by atoms with Crippen LogP contribution < -0.4 is 5.73 Å². The van der Waals surface area contributed by atoms with E-state index in [4.69, 9.17) is 5.73 Å². The summed E-state index contributed by atoms with van der Waals surface area (Å²) in [6.07, 6.45) is 0. The van der Waals surface area contributed by atoms with Crippen molar-refractivity contribution < 1.29 is 8.78 Å². The standard InChI is InChI=1S/C15H14BrF2N/c1-8-3-4-12(16)10(5-8)15(19)11-6-9(2)13(17)7-14(11)18/h3-7,15H,19H2,1-2H3. The first-order chi connectivity index (χ1) is 8.90. The SMILES string of the molecule is Cc1ccc(Br)c(C(N)c2cc(C)c(F)cc2F)c1. The lowest BCUT2D eigenvalue weighted by Crippen LogP contribution is -2.15. The van der Waals surface area contributed by atoms with Gasteiger partial charge in [0.2, 0.25) is 0 Å². The number of nitrogens with two attached hydrogens (primary N) is 1. The molecule has 100 valence electrons. The predicted octanol–water partition coefficient (Wildman–Crippen LogP) is 4.39. The minimum atomic E-state index is -0.631. The summed E-state index contributed by atoms with van der Waals surface area (Å²) in [7, 11) is 0. The van der Waals surface area contributed by atoms with Gasteiger partial charge in [0.25, 0.3) is 0 Å². The molecule has 0 amide bonds. The second-order valence-corrected chi connectivity index (χ2v) is 5.48. The zero-order chi connectivity index (χ0) is 14.2. The summed E-state index contributed by atoms with van der Waals surface area (Å²) >= 11 is 3.41. The van der Waals surface area contributed by atoms with Gasteiger partial charge >= 0.3 is 0 Å². The molecule has 4 heteroatoms. The molecule has 2 aromatic rings. The van der Waals surface area contributed by atoms with E-state index in [0.717, 1.165) is 21.7 Å². The van der Waals surface area contributed by atoms with Crippen molar-refractivity contribution >= 4 is 15.9 Å². The number of hydrogen-bond donors (Lipinski definition) is 1. The Kier molecular flexibility index (Phi) is 4.02. The van der Waals surface area contributed by atoms with Gasteiger partial charge in [-0.1, -0.05) is 33.6 Å². The van der Waals surface area contributed by atoms with Gasteiger partial charge < -0.3 is 5.73 Å². The highest BCUT2D eigenvalue weighted by Crippen LogP contribution is 2.30. The molecule has 0 aliphatic rings. The van der Waals surface area contributed by atoms with E-state index in [1.54, 1.807) is 6.92 Å². The van der Waals surface area contributed by atoms with Gasteiger partial charge in [-0.05, 0) is 37.1 Å². The lowest BCUT2D eigenvalue weighted by Gasteiger charge is -2.17. The second-order valence-electron chi connectivity index (χ2n) is 4.63. The Morgan fingerprint density at radius 3 is 2.37 bits per heavy atom. The quantitative estimate of drug-likeness (QED) is 0.870. The first-order valence-corrected chi connectivity index (χ1v) is 6.66. The molecule has 2 N–H and O–H groups in total. The fraction of sp³-hybridized carbons (Fsp3) is 0.200. The zero-order valence-corrected chi connectivity index (χ0v) is 12.3. The molecular formula is C15H14BrF2N. The van der Waals surface area contributed by atoms with Crippen molar-refractivity contribution in [2.75, 3.05) is 0 Å². The summed E-state index contributed by atoms with van der Waals surface area (Å²) in [4.78, 5) is 0. The molecule has 0 saturated carbocycles. The van der Waals surface area contributed by atoms with Crippen molar-refractivity contribution in [2.45, 2.75) is 19.9 Å². The Morgan fingerprint density at radius 1 is 1.00 bits per heavy atom. The molecule has 0 aromatic heterocycles. The molecule has 1 unspecified atom stereocenters. The maximum absolute atomic E-state index is 13.9. The van der Waals surface area contributed by atoms with Crippen molar-refractivity contribution in [3.63, 3.8) is 0 Å². The van der Waals surface area contributed by atoms with E-state index in [2.05, 4.69) is 15.9 Å². The molecule has 0 spiro atoms. The summed E-state index contributed by atoms with van der Waals surface area (Å²) in [6, 6.07) is 7.42. The predicted molar refractivity (Wildman–Crippen MR) is 76.0 cm³/mol. The van der Waals surface area contributed by atoms with Gasteiger partial charge in [-0.3, -0.25) is 0 Å². The van der Waals surface area contributed by atoms with E-state index in [0.29, 0.717) is 11.1 Å². The Morgan fingerprint density at radius 2 is 1.68 bits per heavy atom. The molecule has 0 bridgehead atoms. The van der Waals surface area contributed by atoms with Crippen molar-refractivity contribution in [2.24, 2.45) is 5.73 Å². The zero-order valence-electron chi connectivity index (χ0n) is 10.7. The molecule has 1 atom stereocenters. The molecule has 0 aliphatic carbocycles. The van der Waals surface area contributed by atoms with Gasteiger partial charge in [0, 0.05) is 16.1 Å². The monoisotopic (exact) mass is 325 g/mol. The Labute approximate surface area is 119 Å². The number of aryl methyl sites for hydroxylation is 2. The third kappa shape index (κ3) is 2.85. The fourth-order valence-corrected chi connectivity index (χ4v) is 2.48. The molecule has 0 heterocycles. The van der Waals surface area contributed by atoms with Crippen LogP contribution in [-0.4, -0.2) is 0 Å². The van der Waals surface area contributed by atoms with Crippen molar-refractivity contribution in [3.05, 3.63) is 68.7 Å². The highest BCUT2D eigenvalue weighted by molar-refractivity contribution is 9.10. The first-order valence-electron chi connectivity index (χ1n) is 5.87. The molecule has 2 rings (SSSR count). The van der Waals surface area contributed by atoms with Gasteiger partial charge in [0.1, 0.15) is 11.6 Å². The van der Waals surface area contributed by atoms with Crippen LogP contribution in [0.2, 0.25) is 0 Å². The van der Waals surface area contributed by atoms with Crippen LogP contribution in [0.4, 0.5) is 8.78 Å². The van der Waals surface area contributed by atoms with Gasteiger partial charge in [-0.15, -0.1) is 0 Å². The van der Waals surface area contributed by atoms with Crippen molar-refractivity contribution in [1.82, 2.24) is 0 Å². The van der Waals surface area contributed by atoms with Gasteiger partial charge in [-0.2, -0.15) is 0 Å². The van der Waals surface area contributed by atoms with E-state index in [9.17, 15) is 8.78 Å². The summed E-state index contributed by atoms with van der Waals surface area (Å²) in [5.41, 5.74) is 8.61. The maximum atomic E-state index is 13.9. The Hall–Kier alpha value is -1.26. The lowest BCUT2D eigenvalue weighted by molar-refractivity contribution is 0.560. The molecule has 1 nitrogen and oxygen atoms in total. The maximum Gasteiger partial charge on any atom is 0.131 e. The largest absolute Gasteiger partial charge is 0.320 e. The summed E-state index contributed by atoms with van der Waals surface area (Å²) in [5, 5.41) is 0. The van der Waals surface area contributed by atoms with Crippen LogP contribution in [0.5, 0.6) is 0 Å². The Bertz CT molecular complexity index is 626. The molecule has 0 saturated heterocycles. The molecule has 2 aromatic carbocycles. The molecule has 0 aliphatic heterocycles. The highest BCUT2D eigenvalue weighted by atomic mass is 79.9. The van der Waals surface area contributed by atoms with E-state index in [-0.39, 0.29) is 0 Å². The molecule has 0 radical (unpaired) electrons. The first kappa shape index (κ1) is 14.2. The molecule has 0 fully saturated rings. The normalized spacial score (nSPS) is 12.5. The molecular weight excluding hydrogens is 312 g/mol. The van der Waals surface area contributed by atoms with Crippen LogP contribution in [-0.2, 0) is 0 Å². The van der Waals surface area contributed by atoms with Crippen LogP contribution in [0.15, 0.2) is 34.8 Å². The average Bonchev–Trinajstić information content (AvgIpc) is 2.36. The van der Waals surface area contributed by atoms with Gasteiger partial charge in [-0.25, -0.2) is 8.78 Å². The van der Waals surface area contributed by atoms with Crippen LogP contribution in [0.3, 0.4) is 0 Å². The van der Waals surface area contributed by atoms with E-state index < -0.39 is 17.7 Å². The summed E-state index contributed by atoms with van der Waals surface area (Å²) < 4.78 is 28.0. The summed E-state index contributed by atoms with van der Waals surface area (Å²) in [5.74, 6) is -1.18. The summed E-state index contributed by atoms with van der Waals surface area (Å²) in [6.45, 7) is 3.53. The topological polar surface area (TPSA) is 26.0 Å². The number of halogens is 3. The van der Waals surface area contributed by atoms with Crippen LogP contribution in [0.25, 0.3) is 0 Å². The highest BCUT2D eigenvalue weighted by Gasteiger charge is 2.18. The number of benzene rings is 2. The minimum Gasteiger partial charge on any atom is -0.320 e. The van der Waals surface area contributed by atoms with Crippen LogP contribution in [0, 0.1) is 25.5 Å². The van der Waals surface area contributed by atoms with Crippen LogP contribution in [0.1, 0.15) is 28.3 Å².